The number of hydrogen-bond acceptors (Lipinski definition) is 3. The van der Waals surface area contributed by atoms with E-state index in [9.17, 15) is 0 Å². The molecule has 2 aliphatic rings. The predicted octanol–water partition coefficient (Wildman–Crippen LogP) is 2.04. The van der Waals surface area contributed by atoms with Crippen LogP contribution >= 0.6 is 0 Å². The lowest BCUT2D eigenvalue weighted by Crippen LogP contribution is -2.44. The molecule has 0 saturated carbocycles. The molecule has 2 heterocycles. The molecule has 2 rings (SSSR count). The van der Waals surface area contributed by atoms with Crippen LogP contribution in [0.3, 0.4) is 0 Å². The first-order valence-corrected chi connectivity index (χ1v) is 8.16. The van der Waals surface area contributed by atoms with Gasteiger partial charge in [-0.15, -0.1) is 0 Å². The number of hydrogen-bond donors (Lipinski definition) is 1. The van der Waals surface area contributed by atoms with Gasteiger partial charge < -0.3 is 15.1 Å². The molecule has 2 saturated heterocycles. The van der Waals surface area contributed by atoms with Gasteiger partial charge in [0.15, 0.2) is 0 Å². The van der Waals surface area contributed by atoms with Crippen molar-refractivity contribution in [1.82, 2.24) is 15.1 Å². The third-order valence-corrected chi connectivity index (χ3v) is 5.32. The Morgan fingerprint density at radius 2 is 1.89 bits per heavy atom. The molecule has 0 bridgehead atoms. The van der Waals surface area contributed by atoms with Gasteiger partial charge in [0.1, 0.15) is 0 Å². The van der Waals surface area contributed by atoms with E-state index in [4.69, 9.17) is 0 Å². The van der Waals surface area contributed by atoms with Crippen molar-refractivity contribution in [2.75, 3.05) is 46.8 Å². The van der Waals surface area contributed by atoms with Crippen molar-refractivity contribution in [3.05, 3.63) is 0 Å². The Balaban J connectivity index is 1.95. The van der Waals surface area contributed by atoms with E-state index in [0.717, 1.165) is 12.0 Å². The van der Waals surface area contributed by atoms with Crippen molar-refractivity contribution >= 4 is 0 Å². The zero-order chi connectivity index (χ0) is 13.9. The van der Waals surface area contributed by atoms with Gasteiger partial charge >= 0.3 is 0 Å². The van der Waals surface area contributed by atoms with Crippen LogP contribution in [-0.2, 0) is 0 Å². The maximum absolute atomic E-state index is 3.53. The van der Waals surface area contributed by atoms with Crippen LogP contribution < -0.4 is 5.32 Å². The summed E-state index contributed by atoms with van der Waals surface area (Å²) in [7, 11) is 4.47. The second-order valence-corrected chi connectivity index (χ2v) is 7.20. The Kier molecular flexibility index (Phi) is 5.27. The van der Waals surface area contributed by atoms with E-state index in [2.05, 4.69) is 43.1 Å². The second-order valence-electron chi connectivity index (χ2n) is 7.20. The molecule has 0 amide bonds. The first-order valence-electron chi connectivity index (χ1n) is 8.16. The zero-order valence-electron chi connectivity index (χ0n) is 13.4. The van der Waals surface area contributed by atoms with Gasteiger partial charge in [0, 0.05) is 25.7 Å². The van der Waals surface area contributed by atoms with Gasteiger partial charge in [-0.2, -0.15) is 0 Å². The fraction of sp³-hybridized carbons (Fsp3) is 1.00. The Morgan fingerprint density at radius 1 is 1.21 bits per heavy atom. The Bertz CT molecular complexity index is 266. The smallest absolute Gasteiger partial charge is 0.0254 e. The van der Waals surface area contributed by atoms with Crippen molar-refractivity contribution in [3.8, 4) is 0 Å². The molecule has 0 spiro atoms. The fourth-order valence-electron chi connectivity index (χ4n) is 4.30. The Morgan fingerprint density at radius 3 is 2.42 bits per heavy atom. The zero-order valence-corrected chi connectivity index (χ0v) is 13.4. The van der Waals surface area contributed by atoms with Gasteiger partial charge in [-0.1, -0.05) is 20.3 Å². The average Bonchev–Trinajstić information content (AvgIpc) is 2.71. The highest BCUT2D eigenvalue weighted by Gasteiger charge is 2.37. The van der Waals surface area contributed by atoms with Gasteiger partial charge in [-0.05, 0) is 57.8 Å². The minimum atomic E-state index is 0.598. The van der Waals surface area contributed by atoms with E-state index in [0.29, 0.717) is 5.41 Å². The van der Waals surface area contributed by atoms with Crippen LogP contribution in [0.1, 0.15) is 39.5 Å². The van der Waals surface area contributed by atoms with Crippen LogP contribution in [-0.4, -0.2) is 62.7 Å². The normalized spacial score (nSPS) is 32.1. The molecular weight excluding hydrogens is 234 g/mol. The van der Waals surface area contributed by atoms with Crippen LogP contribution in [0.25, 0.3) is 0 Å². The van der Waals surface area contributed by atoms with E-state index in [1.807, 2.05) is 0 Å². The molecule has 2 unspecified atom stereocenters. The van der Waals surface area contributed by atoms with Crippen molar-refractivity contribution in [2.24, 2.45) is 11.3 Å². The van der Waals surface area contributed by atoms with Crippen molar-refractivity contribution in [3.63, 3.8) is 0 Å². The average molecular weight is 267 g/mol. The molecule has 0 aromatic heterocycles. The fourth-order valence-corrected chi connectivity index (χ4v) is 4.30. The summed E-state index contributed by atoms with van der Waals surface area (Å²) in [6.07, 6.45) is 5.49. The SMILES string of the molecule is CCCC1(CN2CC(C)C(N(C)C)C2)CCNCC1. The standard InChI is InChI=1S/C16H33N3/c1-5-6-16(7-9-17-10-8-16)13-19-11-14(2)15(12-19)18(3)4/h14-15,17H,5-13H2,1-4H3. The van der Waals surface area contributed by atoms with Gasteiger partial charge in [-0.3, -0.25) is 0 Å². The Hall–Kier alpha value is -0.120. The summed E-state index contributed by atoms with van der Waals surface area (Å²) in [5, 5.41) is 3.53. The van der Waals surface area contributed by atoms with Crippen LogP contribution in [0.2, 0.25) is 0 Å². The molecule has 19 heavy (non-hydrogen) atoms. The topological polar surface area (TPSA) is 18.5 Å². The number of piperidine rings is 1. The summed E-state index contributed by atoms with van der Waals surface area (Å²) in [6.45, 7) is 11.1. The van der Waals surface area contributed by atoms with Crippen molar-refractivity contribution in [1.29, 1.82) is 0 Å². The minimum absolute atomic E-state index is 0.598. The lowest BCUT2D eigenvalue weighted by molar-refractivity contribution is 0.110. The van der Waals surface area contributed by atoms with Gasteiger partial charge in [-0.25, -0.2) is 0 Å². The van der Waals surface area contributed by atoms with E-state index in [1.54, 1.807) is 0 Å². The summed E-state index contributed by atoms with van der Waals surface area (Å²) in [5.74, 6) is 0.815. The highest BCUT2D eigenvalue weighted by atomic mass is 15.2. The van der Waals surface area contributed by atoms with E-state index < -0.39 is 0 Å². The van der Waals surface area contributed by atoms with Crippen molar-refractivity contribution < 1.29 is 0 Å². The number of rotatable bonds is 5. The van der Waals surface area contributed by atoms with Crippen LogP contribution in [0.15, 0.2) is 0 Å². The highest BCUT2D eigenvalue weighted by Crippen LogP contribution is 2.36. The van der Waals surface area contributed by atoms with E-state index in [-0.39, 0.29) is 0 Å². The van der Waals surface area contributed by atoms with Crippen molar-refractivity contribution in [2.45, 2.75) is 45.6 Å². The van der Waals surface area contributed by atoms with Gasteiger partial charge in [0.25, 0.3) is 0 Å². The van der Waals surface area contributed by atoms with Crippen LogP contribution in [0.5, 0.6) is 0 Å². The summed E-state index contributed by atoms with van der Waals surface area (Å²) in [6, 6.07) is 0.750. The summed E-state index contributed by atoms with van der Waals surface area (Å²) >= 11 is 0. The van der Waals surface area contributed by atoms with E-state index >= 15 is 0 Å². The summed E-state index contributed by atoms with van der Waals surface area (Å²) < 4.78 is 0. The molecule has 0 aromatic rings. The molecule has 2 fully saturated rings. The third-order valence-electron chi connectivity index (χ3n) is 5.32. The first kappa shape index (κ1) is 15.3. The highest BCUT2D eigenvalue weighted by molar-refractivity contribution is 4.93. The molecule has 1 N–H and O–H groups in total. The predicted molar refractivity (Wildman–Crippen MR) is 82.5 cm³/mol. The number of nitrogens with one attached hydrogen (secondary N) is 1. The summed E-state index contributed by atoms with van der Waals surface area (Å²) in [5.41, 5.74) is 0.598. The molecule has 3 nitrogen and oxygen atoms in total. The second kappa shape index (κ2) is 6.55. The molecule has 0 aliphatic carbocycles. The number of likely N-dealkylation sites (N-methyl/N-ethyl adjacent to an activating group) is 1. The molecule has 3 heteroatoms. The van der Waals surface area contributed by atoms with Gasteiger partial charge in [0.05, 0.1) is 0 Å². The molecule has 0 radical (unpaired) electrons. The Labute approximate surface area is 119 Å². The maximum atomic E-state index is 3.53. The first-order chi connectivity index (χ1) is 9.06. The molecule has 112 valence electrons. The monoisotopic (exact) mass is 267 g/mol. The van der Waals surface area contributed by atoms with Crippen LogP contribution in [0, 0.1) is 11.3 Å². The number of nitrogens with zero attached hydrogens (tertiary/aromatic N) is 2. The quantitative estimate of drug-likeness (QED) is 0.822. The third kappa shape index (κ3) is 3.71. The lowest BCUT2D eigenvalue weighted by atomic mass is 9.75. The molecular formula is C16H33N3. The largest absolute Gasteiger partial charge is 0.317 e. The number of likely N-dealkylation sites (tertiary alicyclic amines) is 1. The molecule has 2 atom stereocenters. The summed E-state index contributed by atoms with van der Waals surface area (Å²) in [4.78, 5) is 5.16. The van der Waals surface area contributed by atoms with Crippen LogP contribution in [0.4, 0.5) is 0 Å². The van der Waals surface area contributed by atoms with E-state index in [1.165, 1.54) is 58.4 Å². The van der Waals surface area contributed by atoms with Gasteiger partial charge in [0.2, 0.25) is 0 Å². The maximum Gasteiger partial charge on any atom is 0.0254 e. The minimum Gasteiger partial charge on any atom is -0.317 e. The lowest BCUT2D eigenvalue weighted by Gasteiger charge is -2.40. The molecule has 2 aliphatic heterocycles. The molecule has 0 aromatic carbocycles.